The van der Waals surface area contributed by atoms with Crippen LogP contribution < -0.4 is 21.3 Å². The Bertz CT molecular complexity index is 1600. The van der Waals surface area contributed by atoms with E-state index in [-0.39, 0.29) is 6.03 Å². The number of hydrogen-bond donors (Lipinski definition) is 5. The molecule has 218 valence electrons. The number of carbonyl (C=O) groups excluding carboxylic acids is 1. The van der Waals surface area contributed by atoms with Crippen molar-refractivity contribution in [3.05, 3.63) is 94.6 Å². The number of halogens is 5. The molecule has 0 saturated heterocycles. The molecular weight excluding hydrogens is 596 g/mol. The minimum atomic E-state index is -5.08. The average Bonchev–Trinajstić information content (AvgIpc) is 2.95. The number of nitrogens with zero attached hydrogens (tertiary/aromatic N) is 2. The van der Waals surface area contributed by atoms with Crippen molar-refractivity contribution < 1.29 is 27.9 Å². The van der Waals surface area contributed by atoms with Gasteiger partial charge in [0.1, 0.15) is 5.02 Å². The second-order valence-electron chi connectivity index (χ2n) is 8.89. The Balaban J connectivity index is 0.000000517. The average molecular weight is 619 g/mol. The van der Waals surface area contributed by atoms with Gasteiger partial charge in [-0.05, 0) is 65.9 Å². The van der Waals surface area contributed by atoms with Gasteiger partial charge in [-0.1, -0.05) is 41.9 Å². The zero-order valence-electron chi connectivity index (χ0n) is 21.6. The summed E-state index contributed by atoms with van der Waals surface area (Å²) in [5.74, 6) is -1.52. The molecule has 2 amide bonds. The van der Waals surface area contributed by atoms with Crippen molar-refractivity contribution in [3.8, 4) is 0 Å². The summed E-state index contributed by atoms with van der Waals surface area (Å²) < 4.78 is 31.7. The molecule has 5 rings (SSSR count). The highest BCUT2D eigenvalue weighted by atomic mass is 35.5. The minimum absolute atomic E-state index is 0.309. The van der Waals surface area contributed by atoms with Crippen LogP contribution in [0.4, 0.5) is 52.5 Å². The van der Waals surface area contributed by atoms with Gasteiger partial charge in [0, 0.05) is 28.6 Å². The van der Waals surface area contributed by atoms with E-state index in [4.69, 9.17) is 33.1 Å². The number of aromatic nitrogens is 2. The maximum Gasteiger partial charge on any atom is 0.490 e. The zero-order chi connectivity index (χ0) is 30.3. The number of hydrogen-bond acceptors (Lipinski definition) is 6. The SMILES string of the molecule is O=C(Nc1ccccc1CCl)Nc1ccc2cc1CCc1cccc(c1)Nc1ncc(Cl)c(n1)N2.O=C(O)C(F)(F)F. The van der Waals surface area contributed by atoms with Crippen molar-refractivity contribution in [1.82, 2.24) is 9.97 Å². The monoisotopic (exact) mass is 618 g/mol. The molecule has 0 fully saturated rings. The third-order valence-electron chi connectivity index (χ3n) is 5.88. The van der Waals surface area contributed by atoms with E-state index in [1.54, 1.807) is 6.20 Å². The number of fused-ring (bicyclic) bond motifs is 6. The van der Waals surface area contributed by atoms with Gasteiger partial charge in [0.2, 0.25) is 5.95 Å². The van der Waals surface area contributed by atoms with Gasteiger partial charge in [0.05, 0.1) is 6.20 Å². The number of alkyl halides is 4. The van der Waals surface area contributed by atoms with Gasteiger partial charge in [0.25, 0.3) is 0 Å². The van der Waals surface area contributed by atoms with Gasteiger partial charge >= 0.3 is 18.2 Å². The highest BCUT2D eigenvalue weighted by molar-refractivity contribution is 6.32. The van der Waals surface area contributed by atoms with E-state index in [0.717, 1.165) is 40.2 Å². The molecular formula is C28H23Cl2F3N6O3. The fourth-order valence-corrected chi connectivity index (χ4v) is 4.27. The number of benzene rings is 3. The Morgan fingerprint density at radius 1 is 0.929 bits per heavy atom. The van der Waals surface area contributed by atoms with Crippen LogP contribution in [0.15, 0.2) is 72.9 Å². The summed E-state index contributed by atoms with van der Waals surface area (Å²) in [5, 5.41) is 19.9. The second kappa shape index (κ2) is 13.4. The number of carboxylic acids is 1. The smallest absolute Gasteiger partial charge is 0.475 e. The van der Waals surface area contributed by atoms with Crippen molar-refractivity contribution in [2.45, 2.75) is 24.9 Å². The topological polar surface area (TPSA) is 128 Å². The van der Waals surface area contributed by atoms with E-state index >= 15 is 0 Å². The molecule has 0 unspecified atom stereocenters. The lowest BCUT2D eigenvalue weighted by Gasteiger charge is -2.16. The first kappa shape index (κ1) is 30.4. The third kappa shape index (κ3) is 8.24. The lowest BCUT2D eigenvalue weighted by atomic mass is 10.0. The second-order valence-corrected chi connectivity index (χ2v) is 9.56. The van der Waals surface area contributed by atoms with Crippen LogP contribution in [0.3, 0.4) is 0 Å². The van der Waals surface area contributed by atoms with Crippen molar-refractivity contribution in [2.24, 2.45) is 0 Å². The first-order valence-corrected chi connectivity index (χ1v) is 13.2. The summed E-state index contributed by atoms with van der Waals surface area (Å²) in [6.07, 6.45) is -2.03. The van der Waals surface area contributed by atoms with Crippen molar-refractivity contribution in [1.29, 1.82) is 0 Å². The number of nitrogens with one attached hydrogen (secondary N) is 4. The Morgan fingerprint density at radius 2 is 1.64 bits per heavy atom. The summed E-state index contributed by atoms with van der Waals surface area (Å²) in [5.41, 5.74) is 6.05. The summed E-state index contributed by atoms with van der Waals surface area (Å²) in [4.78, 5) is 30.5. The van der Waals surface area contributed by atoms with Gasteiger partial charge in [0.15, 0.2) is 5.82 Å². The summed E-state index contributed by atoms with van der Waals surface area (Å²) >= 11 is 12.4. The van der Waals surface area contributed by atoms with Crippen LogP contribution in [0.2, 0.25) is 5.02 Å². The van der Waals surface area contributed by atoms with Crippen molar-refractivity contribution in [2.75, 3.05) is 21.3 Å². The van der Waals surface area contributed by atoms with E-state index in [2.05, 4.69) is 43.4 Å². The van der Waals surface area contributed by atoms with Crippen LogP contribution in [0.5, 0.6) is 0 Å². The molecule has 4 aromatic rings. The Hall–Kier alpha value is -4.55. The van der Waals surface area contributed by atoms with Gasteiger partial charge in [-0.2, -0.15) is 18.2 Å². The quantitative estimate of drug-likeness (QED) is 0.149. The van der Waals surface area contributed by atoms with Gasteiger partial charge in [-0.25, -0.2) is 14.6 Å². The molecule has 6 bridgehead atoms. The highest BCUT2D eigenvalue weighted by Crippen LogP contribution is 2.30. The maximum absolute atomic E-state index is 12.8. The number of rotatable bonds is 3. The van der Waals surface area contributed by atoms with Crippen LogP contribution in [0.1, 0.15) is 16.7 Å². The Kier molecular flexibility index (Phi) is 9.71. The fourth-order valence-electron chi connectivity index (χ4n) is 3.90. The zero-order valence-corrected chi connectivity index (χ0v) is 23.1. The number of urea groups is 1. The summed E-state index contributed by atoms with van der Waals surface area (Å²) in [6.45, 7) is 0. The number of amides is 2. The van der Waals surface area contributed by atoms with Crippen LogP contribution in [-0.4, -0.2) is 33.3 Å². The number of aryl methyl sites for hydroxylation is 2. The largest absolute Gasteiger partial charge is 0.490 e. The molecule has 0 saturated carbocycles. The molecule has 0 spiro atoms. The molecule has 0 aliphatic carbocycles. The number of carboxylic acid groups (broad SMARTS) is 1. The molecule has 0 radical (unpaired) electrons. The van der Waals surface area contributed by atoms with Gasteiger partial charge in [-0.15, -0.1) is 11.6 Å². The first-order valence-electron chi connectivity index (χ1n) is 12.3. The molecule has 3 aromatic carbocycles. The molecule has 5 N–H and O–H groups in total. The number of para-hydroxylation sites is 1. The van der Waals surface area contributed by atoms with Crippen molar-refractivity contribution >= 4 is 69.7 Å². The molecule has 1 aliphatic rings. The summed E-state index contributed by atoms with van der Waals surface area (Å²) in [7, 11) is 0. The number of anilines is 6. The molecule has 0 atom stereocenters. The molecule has 1 aliphatic heterocycles. The number of carbonyl (C=O) groups is 2. The van der Waals surface area contributed by atoms with E-state index in [9.17, 15) is 18.0 Å². The van der Waals surface area contributed by atoms with Crippen LogP contribution in [0.25, 0.3) is 0 Å². The first-order chi connectivity index (χ1) is 20.0. The van der Waals surface area contributed by atoms with E-state index < -0.39 is 12.1 Å². The third-order valence-corrected chi connectivity index (χ3v) is 6.44. The van der Waals surface area contributed by atoms with Crippen molar-refractivity contribution in [3.63, 3.8) is 0 Å². The predicted molar refractivity (Wildman–Crippen MR) is 156 cm³/mol. The van der Waals surface area contributed by atoms with Gasteiger partial charge in [-0.3, -0.25) is 0 Å². The van der Waals surface area contributed by atoms with E-state index in [1.807, 2.05) is 54.6 Å². The maximum atomic E-state index is 12.8. The lowest BCUT2D eigenvalue weighted by Crippen LogP contribution is -2.21. The standard InChI is InChI=1S/C26H22Cl2N6O.C2HF3O2/c27-14-18-5-1-2-7-22(18)32-26(35)33-23-11-10-20-13-17(23)9-8-16-4-3-6-19(12-16)31-25-29-15-21(28)24(30-20)34-25;3-2(4,5)1(6)7/h1-7,10-13,15H,8-9,14H2,(H2,32,33,35)(H2,29,30,31,34);(H,6,7). The summed E-state index contributed by atoms with van der Waals surface area (Å²) in [6, 6.07) is 20.9. The highest BCUT2D eigenvalue weighted by Gasteiger charge is 2.38. The Labute approximate surface area is 248 Å². The molecule has 2 heterocycles. The molecule has 1 aromatic heterocycles. The molecule has 42 heavy (non-hydrogen) atoms. The lowest BCUT2D eigenvalue weighted by molar-refractivity contribution is -0.192. The van der Waals surface area contributed by atoms with E-state index in [1.165, 1.54) is 0 Å². The predicted octanol–water partition coefficient (Wildman–Crippen LogP) is 7.73. The van der Waals surface area contributed by atoms with Crippen LogP contribution in [-0.2, 0) is 23.5 Å². The number of aliphatic carboxylic acids is 1. The minimum Gasteiger partial charge on any atom is -0.475 e. The van der Waals surface area contributed by atoms with Gasteiger partial charge < -0.3 is 26.4 Å². The van der Waals surface area contributed by atoms with Crippen LogP contribution in [0, 0.1) is 0 Å². The fraction of sp³-hybridized carbons (Fsp3) is 0.143. The Morgan fingerprint density at radius 3 is 2.38 bits per heavy atom. The molecule has 9 nitrogen and oxygen atoms in total. The van der Waals surface area contributed by atoms with Crippen LogP contribution >= 0.6 is 23.2 Å². The normalized spacial score (nSPS) is 12.0. The molecule has 14 heteroatoms. The van der Waals surface area contributed by atoms with E-state index in [0.29, 0.717) is 34.8 Å².